The fourth-order valence-electron chi connectivity index (χ4n) is 8.25. The highest BCUT2D eigenvalue weighted by molar-refractivity contribution is 5.98. The summed E-state index contributed by atoms with van der Waals surface area (Å²) in [5.74, 6) is 4.23. The molecule has 3 fully saturated rings. The van der Waals surface area contributed by atoms with Gasteiger partial charge in [-0.05, 0) is 84.5 Å². The van der Waals surface area contributed by atoms with Gasteiger partial charge in [0.1, 0.15) is 0 Å². The monoisotopic (exact) mass is 384 g/mol. The first kappa shape index (κ1) is 20.7. The molecule has 6 atom stereocenters. The smallest absolute Gasteiger partial charge is 0.159 e. The van der Waals surface area contributed by atoms with E-state index in [1.165, 1.54) is 76.2 Å². The Balaban J connectivity index is 1.59. The highest BCUT2D eigenvalue weighted by Gasteiger charge is 2.57. The summed E-state index contributed by atoms with van der Waals surface area (Å²) < 4.78 is 0. The predicted molar refractivity (Wildman–Crippen MR) is 118 cm³/mol. The van der Waals surface area contributed by atoms with E-state index in [0.29, 0.717) is 28.4 Å². The van der Waals surface area contributed by atoms with Crippen LogP contribution in [0.2, 0.25) is 0 Å². The molecule has 0 spiro atoms. The van der Waals surface area contributed by atoms with E-state index in [2.05, 4.69) is 34.6 Å². The van der Waals surface area contributed by atoms with Crippen LogP contribution in [0.1, 0.15) is 112 Å². The minimum Gasteiger partial charge on any atom is -0.295 e. The molecule has 0 aliphatic heterocycles. The fourth-order valence-corrected chi connectivity index (χ4v) is 8.25. The van der Waals surface area contributed by atoms with Crippen LogP contribution in [-0.4, -0.2) is 5.78 Å². The predicted octanol–water partition coefficient (Wildman–Crippen LogP) is 7.74. The van der Waals surface area contributed by atoms with Crippen molar-refractivity contribution in [2.75, 3.05) is 0 Å². The third-order valence-electron chi connectivity index (χ3n) is 9.95. The standard InChI is InChI=1S/C27H44O/c1-18(2)9-8-10-19(3)21-12-13-22-25-23(14-16-27(21,22)5)26(4)15-7-6-11-20(26)17-24(25)28/h18-21,23H,6-17H2,1-5H3. The lowest BCUT2D eigenvalue weighted by molar-refractivity contribution is -0.124. The SMILES string of the molecule is CC(C)CCCC(C)C1CCC2=C3C(=O)CC4CCCCC4(C)C3CCC21C. The third kappa shape index (κ3) is 3.24. The Morgan fingerprint density at radius 1 is 1.00 bits per heavy atom. The van der Waals surface area contributed by atoms with Crippen molar-refractivity contribution in [3.8, 4) is 0 Å². The van der Waals surface area contributed by atoms with E-state index in [4.69, 9.17) is 0 Å². The topological polar surface area (TPSA) is 17.1 Å². The van der Waals surface area contributed by atoms with Gasteiger partial charge in [-0.3, -0.25) is 4.79 Å². The molecule has 0 saturated heterocycles. The highest BCUT2D eigenvalue weighted by Crippen LogP contribution is 2.65. The van der Waals surface area contributed by atoms with Crippen molar-refractivity contribution in [3.63, 3.8) is 0 Å². The summed E-state index contributed by atoms with van der Waals surface area (Å²) in [7, 11) is 0. The third-order valence-corrected chi connectivity index (χ3v) is 9.95. The highest BCUT2D eigenvalue weighted by atomic mass is 16.1. The minimum atomic E-state index is 0.316. The molecule has 6 unspecified atom stereocenters. The Morgan fingerprint density at radius 3 is 2.54 bits per heavy atom. The zero-order valence-electron chi connectivity index (χ0n) is 19.3. The number of rotatable bonds is 5. The number of fused-ring (bicyclic) bond motifs is 4. The van der Waals surface area contributed by atoms with Crippen LogP contribution in [0.15, 0.2) is 11.1 Å². The fraction of sp³-hybridized carbons (Fsp3) is 0.889. The number of hydrogen-bond donors (Lipinski definition) is 0. The van der Waals surface area contributed by atoms with E-state index < -0.39 is 0 Å². The van der Waals surface area contributed by atoms with Crippen LogP contribution in [-0.2, 0) is 4.79 Å². The van der Waals surface area contributed by atoms with Crippen molar-refractivity contribution in [1.82, 2.24) is 0 Å². The first-order valence-corrected chi connectivity index (χ1v) is 12.5. The summed E-state index contributed by atoms with van der Waals surface area (Å²) in [4.78, 5) is 13.4. The lowest BCUT2D eigenvalue weighted by Gasteiger charge is -2.55. The summed E-state index contributed by atoms with van der Waals surface area (Å²) in [5.41, 5.74) is 3.74. The van der Waals surface area contributed by atoms with Crippen LogP contribution in [0.5, 0.6) is 0 Å². The van der Waals surface area contributed by atoms with Crippen molar-refractivity contribution in [1.29, 1.82) is 0 Å². The average Bonchev–Trinajstić information content (AvgIpc) is 2.99. The van der Waals surface area contributed by atoms with E-state index in [1.54, 1.807) is 5.57 Å². The lowest BCUT2D eigenvalue weighted by Crippen LogP contribution is -2.49. The van der Waals surface area contributed by atoms with Gasteiger partial charge in [0.05, 0.1) is 0 Å². The van der Waals surface area contributed by atoms with Crippen molar-refractivity contribution in [3.05, 3.63) is 11.1 Å². The number of ketones is 1. The van der Waals surface area contributed by atoms with E-state index in [0.717, 1.165) is 24.2 Å². The number of Topliss-reactive ketones (excluding diaryl/α,β-unsaturated/α-hetero) is 1. The van der Waals surface area contributed by atoms with Gasteiger partial charge in [0.2, 0.25) is 0 Å². The molecule has 4 rings (SSSR count). The van der Waals surface area contributed by atoms with Gasteiger partial charge in [-0.25, -0.2) is 0 Å². The molecule has 4 aliphatic carbocycles. The second-order valence-electron chi connectivity index (χ2n) is 11.9. The second kappa shape index (κ2) is 7.59. The Labute approximate surface area is 174 Å². The van der Waals surface area contributed by atoms with Gasteiger partial charge < -0.3 is 0 Å². The molecular weight excluding hydrogens is 340 g/mol. The first-order valence-electron chi connectivity index (χ1n) is 12.5. The van der Waals surface area contributed by atoms with E-state index >= 15 is 0 Å². The van der Waals surface area contributed by atoms with Crippen LogP contribution in [0.25, 0.3) is 0 Å². The molecule has 0 amide bonds. The summed E-state index contributed by atoms with van der Waals surface area (Å²) in [6.07, 6.45) is 15.5. The maximum atomic E-state index is 13.4. The molecule has 0 aromatic rings. The molecule has 28 heavy (non-hydrogen) atoms. The van der Waals surface area contributed by atoms with E-state index in [-0.39, 0.29) is 0 Å². The molecule has 1 nitrogen and oxygen atoms in total. The van der Waals surface area contributed by atoms with E-state index in [1.807, 2.05) is 0 Å². The van der Waals surface area contributed by atoms with Gasteiger partial charge in [-0.15, -0.1) is 0 Å². The van der Waals surface area contributed by atoms with Crippen LogP contribution in [0, 0.1) is 40.4 Å². The lowest BCUT2D eigenvalue weighted by atomic mass is 9.48. The summed E-state index contributed by atoms with van der Waals surface area (Å²) in [5, 5.41) is 0. The molecule has 1 heteroatoms. The van der Waals surface area contributed by atoms with Crippen molar-refractivity contribution in [2.24, 2.45) is 40.4 Å². The summed E-state index contributed by atoms with van der Waals surface area (Å²) in [6.45, 7) is 12.3. The van der Waals surface area contributed by atoms with Crippen LogP contribution in [0.4, 0.5) is 0 Å². The first-order chi connectivity index (χ1) is 13.3. The molecule has 0 aromatic carbocycles. The van der Waals surface area contributed by atoms with Gasteiger partial charge in [0, 0.05) is 6.42 Å². The molecule has 3 saturated carbocycles. The molecule has 158 valence electrons. The van der Waals surface area contributed by atoms with E-state index in [9.17, 15) is 4.79 Å². The molecular formula is C27H44O. The molecule has 0 heterocycles. The van der Waals surface area contributed by atoms with Gasteiger partial charge in [0.15, 0.2) is 5.78 Å². The minimum absolute atomic E-state index is 0.316. The molecule has 4 aliphatic rings. The molecule has 0 radical (unpaired) electrons. The number of hydrogen-bond acceptors (Lipinski definition) is 1. The zero-order valence-corrected chi connectivity index (χ0v) is 19.3. The number of carbonyl (C=O) groups excluding carboxylic acids is 1. The van der Waals surface area contributed by atoms with Gasteiger partial charge in [-0.2, -0.15) is 0 Å². The van der Waals surface area contributed by atoms with Gasteiger partial charge >= 0.3 is 0 Å². The van der Waals surface area contributed by atoms with Crippen molar-refractivity contribution in [2.45, 2.75) is 112 Å². The molecule has 0 N–H and O–H groups in total. The Bertz CT molecular complexity index is 643. The number of allylic oxidation sites excluding steroid dienone is 2. The Kier molecular flexibility index (Phi) is 5.60. The molecule has 0 bridgehead atoms. The maximum Gasteiger partial charge on any atom is 0.159 e. The van der Waals surface area contributed by atoms with Crippen LogP contribution in [0.3, 0.4) is 0 Å². The second-order valence-corrected chi connectivity index (χ2v) is 11.9. The zero-order chi connectivity index (χ0) is 20.1. The average molecular weight is 385 g/mol. The largest absolute Gasteiger partial charge is 0.295 e. The molecule has 0 aromatic heterocycles. The quantitative estimate of drug-likeness (QED) is 0.473. The maximum absolute atomic E-state index is 13.4. The number of carbonyl (C=O) groups is 1. The van der Waals surface area contributed by atoms with Crippen LogP contribution < -0.4 is 0 Å². The summed E-state index contributed by atoms with van der Waals surface area (Å²) in [6, 6.07) is 0. The Hall–Kier alpha value is -0.590. The van der Waals surface area contributed by atoms with Gasteiger partial charge in [-0.1, -0.05) is 72.3 Å². The van der Waals surface area contributed by atoms with Gasteiger partial charge in [0.25, 0.3) is 0 Å². The van der Waals surface area contributed by atoms with Crippen LogP contribution >= 0.6 is 0 Å². The summed E-state index contributed by atoms with van der Waals surface area (Å²) >= 11 is 0. The normalized spacial score (nSPS) is 41.6. The van der Waals surface area contributed by atoms with Crippen molar-refractivity contribution >= 4 is 5.78 Å². The van der Waals surface area contributed by atoms with Crippen molar-refractivity contribution < 1.29 is 4.79 Å². The Morgan fingerprint density at radius 2 is 1.79 bits per heavy atom.